The second kappa shape index (κ2) is 8.10. The number of carbonyl (C=O) groups is 1. The van der Waals surface area contributed by atoms with Gasteiger partial charge in [-0.15, -0.1) is 0 Å². The number of benzene rings is 1. The molecular weight excluding hydrogens is 310 g/mol. The Morgan fingerprint density at radius 1 is 1.46 bits per heavy atom. The molecule has 1 saturated heterocycles. The van der Waals surface area contributed by atoms with Crippen LogP contribution in [0.15, 0.2) is 18.2 Å². The van der Waals surface area contributed by atoms with Crippen LogP contribution in [0.25, 0.3) is 0 Å². The molecule has 7 nitrogen and oxygen atoms in total. The fraction of sp³-hybridized carbons (Fsp3) is 0.588. The number of anilines is 1. The van der Waals surface area contributed by atoms with Crippen LogP contribution in [0.5, 0.6) is 0 Å². The van der Waals surface area contributed by atoms with Crippen LogP contribution in [-0.2, 0) is 0 Å². The van der Waals surface area contributed by atoms with Crippen LogP contribution in [0, 0.1) is 16.0 Å². The number of hydrogen-bond donors (Lipinski definition) is 2. The quantitative estimate of drug-likeness (QED) is 0.614. The number of carbonyl (C=O) groups excluding carboxylic acids is 1. The average molecular weight is 335 g/mol. The van der Waals surface area contributed by atoms with Crippen LogP contribution in [0.2, 0.25) is 0 Å². The Morgan fingerprint density at radius 2 is 2.12 bits per heavy atom. The Kier molecular flexibility index (Phi) is 6.14. The third-order valence-electron chi connectivity index (χ3n) is 4.41. The van der Waals surface area contributed by atoms with Crippen molar-refractivity contribution in [1.29, 1.82) is 0 Å². The molecule has 1 heterocycles. The molecule has 132 valence electrons. The van der Waals surface area contributed by atoms with Gasteiger partial charge in [0.2, 0.25) is 0 Å². The number of nitrogens with zero attached hydrogens (tertiary/aromatic N) is 2. The van der Waals surface area contributed by atoms with Gasteiger partial charge in [0.1, 0.15) is 0 Å². The molecular formula is C17H25N3O4. The Hall–Kier alpha value is -2.15. The van der Waals surface area contributed by atoms with Crippen LogP contribution < -0.4 is 10.2 Å². The molecule has 0 aliphatic carbocycles. The van der Waals surface area contributed by atoms with Crippen LogP contribution in [0.4, 0.5) is 11.4 Å². The molecule has 0 aromatic heterocycles. The van der Waals surface area contributed by atoms with E-state index in [4.69, 9.17) is 0 Å². The molecule has 1 amide bonds. The minimum absolute atomic E-state index is 0.0928. The number of non-ortho nitro benzene ring substituents is 1. The van der Waals surface area contributed by atoms with Crippen molar-refractivity contribution < 1.29 is 14.8 Å². The molecule has 7 heteroatoms. The number of aliphatic hydroxyl groups excluding tert-OH is 1. The summed E-state index contributed by atoms with van der Waals surface area (Å²) in [5.41, 5.74) is 0.969. The number of nitro benzene ring substituents is 1. The summed E-state index contributed by atoms with van der Waals surface area (Å²) in [6.45, 7) is 5.87. The Morgan fingerprint density at radius 3 is 2.71 bits per heavy atom. The molecule has 2 N–H and O–H groups in total. The zero-order valence-corrected chi connectivity index (χ0v) is 14.2. The van der Waals surface area contributed by atoms with Crippen molar-refractivity contribution in [3.05, 3.63) is 33.9 Å². The fourth-order valence-electron chi connectivity index (χ4n) is 2.83. The highest BCUT2D eigenvalue weighted by molar-refractivity contribution is 6.00. The minimum atomic E-state index is -0.501. The molecule has 24 heavy (non-hydrogen) atoms. The molecule has 0 saturated carbocycles. The van der Waals surface area contributed by atoms with E-state index in [1.807, 2.05) is 0 Å². The highest BCUT2D eigenvalue weighted by atomic mass is 16.6. The Balaban J connectivity index is 2.22. The molecule has 1 aliphatic rings. The molecule has 0 spiro atoms. The summed E-state index contributed by atoms with van der Waals surface area (Å²) in [6, 6.07) is 4.45. The van der Waals surface area contributed by atoms with Gasteiger partial charge >= 0.3 is 0 Å². The van der Waals surface area contributed by atoms with Crippen molar-refractivity contribution in [3.8, 4) is 0 Å². The molecule has 1 aliphatic heterocycles. The average Bonchev–Trinajstić information content (AvgIpc) is 2.54. The van der Waals surface area contributed by atoms with Crippen molar-refractivity contribution in [2.24, 2.45) is 5.92 Å². The standard InChI is InChI=1S/C17H25N3O4/c1-12-6-9-19(10-7-12)16-4-3-14(20(23)24)11-15(16)17(22)18-8-5-13(2)21/h3-4,11-13,21H,5-10H2,1-2H3,(H,18,22). The van der Waals surface area contributed by atoms with E-state index in [-0.39, 0.29) is 11.6 Å². The van der Waals surface area contributed by atoms with Gasteiger partial charge in [-0.25, -0.2) is 0 Å². The predicted molar refractivity (Wildman–Crippen MR) is 92.3 cm³/mol. The van der Waals surface area contributed by atoms with E-state index in [1.54, 1.807) is 13.0 Å². The molecule has 1 aromatic rings. The van der Waals surface area contributed by atoms with E-state index >= 15 is 0 Å². The van der Waals surface area contributed by atoms with Gasteiger partial charge in [-0.05, 0) is 38.2 Å². The number of rotatable bonds is 6. The normalized spacial score (nSPS) is 16.7. The highest BCUT2D eigenvalue weighted by Gasteiger charge is 2.23. The summed E-state index contributed by atoms with van der Waals surface area (Å²) in [7, 11) is 0. The summed E-state index contributed by atoms with van der Waals surface area (Å²) in [5, 5.41) is 23.1. The fourth-order valence-corrected chi connectivity index (χ4v) is 2.83. The Labute approximate surface area is 141 Å². The third-order valence-corrected chi connectivity index (χ3v) is 4.41. The zero-order valence-electron chi connectivity index (χ0n) is 14.2. The lowest BCUT2D eigenvalue weighted by Crippen LogP contribution is -2.35. The smallest absolute Gasteiger partial charge is 0.270 e. The van der Waals surface area contributed by atoms with E-state index in [1.165, 1.54) is 12.1 Å². The van der Waals surface area contributed by atoms with Gasteiger partial charge in [0, 0.05) is 31.8 Å². The van der Waals surface area contributed by atoms with Gasteiger partial charge in [-0.3, -0.25) is 14.9 Å². The lowest BCUT2D eigenvalue weighted by molar-refractivity contribution is -0.384. The van der Waals surface area contributed by atoms with Crippen LogP contribution in [0.1, 0.15) is 43.5 Å². The number of nitro groups is 1. The van der Waals surface area contributed by atoms with Gasteiger partial charge in [-0.1, -0.05) is 6.92 Å². The highest BCUT2D eigenvalue weighted by Crippen LogP contribution is 2.29. The second-order valence-electron chi connectivity index (χ2n) is 6.52. The first-order chi connectivity index (χ1) is 11.4. The van der Waals surface area contributed by atoms with Crippen LogP contribution in [-0.4, -0.2) is 41.7 Å². The van der Waals surface area contributed by atoms with Crippen LogP contribution >= 0.6 is 0 Å². The number of piperidine rings is 1. The maximum absolute atomic E-state index is 12.5. The van der Waals surface area contributed by atoms with Crippen molar-refractivity contribution in [3.63, 3.8) is 0 Å². The molecule has 0 radical (unpaired) electrons. The summed E-state index contributed by atoms with van der Waals surface area (Å²) < 4.78 is 0. The summed E-state index contributed by atoms with van der Waals surface area (Å²) in [6.07, 6.45) is 2.02. The predicted octanol–water partition coefficient (Wildman–Crippen LogP) is 2.33. The first-order valence-corrected chi connectivity index (χ1v) is 8.38. The van der Waals surface area contributed by atoms with E-state index in [2.05, 4.69) is 17.1 Å². The minimum Gasteiger partial charge on any atom is -0.393 e. The third kappa shape index (κ3) is 4.67. The number of hydrogen-bond acceptors (Lipinski definition) is 5. The number of nitrogens with one attached hydrogen (secondary N) is 1. The monoisotopic (exact) mass is 335 g/mol. The number of amides is 1. The SMILES string of the molecule is CC(O)CCNC(=O)c1cc([N+](=O)[O-])ccc1N1CCC(C)CC1. The van der Waals surface area contributed by atoms with Gasteiger partial charge in [0.15, 0.2) is 0 Å². The van der Waals surface area contributed by atoms with E-state index in [9.17, 15) is 20.0 Å². The topological polar surface area (TPSA) is 95.7 Å². The van der Waals surface area contributed by atoms with Crippen molar-refractivity contribution >= 4 is 17.3 Å². The second-order valence-corrected chi connectivity index (χ2v) is 6.52. The summed E-state index contributed by atoms with van der Waals surface area (Å²) in [4.78, 5) is 25.2. The van der Waals surface area contributed by atoms with Crippen LogP contribution in [0.3, 0.4) is 0 Å². The first-order valence-electron chi connectivity index (χ1n) is 8.38. The number of aliphatic hydroxyl groups is 1. The van der Waals surface area contributed by atoms with Gasteiger partial charge < -0.3 is 15.3 Å². The lowest BCUT2D eigenvalue weighted by atomic mass is 9.98. The summed E-state index contributed by atoms with van der Waals surface area (Å²) >= 11 is 0. The summed E-state index contributed by atoms with van der Waals surface area (Å²) in [5.74, 6) is 0.315. The van der Waals surface area contributed by atoms with Gasteiger partial charge in [0.25, 0.3) is 11.6 Å². The molecule has 1 unspecified atom stereocenters. The van der Waals surface area contributed by atoms with Crippen molar-refractivity contribution in [1.82, 2.24) is 5.32 Å². The first kappa shape index (κ1) is 18.2. The lowest BCUT2D eigenvalue weighted by Gasteiger charge is -2.33. The van der Waals surface area contributed by atoms with E-state index < -0.39 is 11.0 Å². The van der Waals surface area contributed by atoms with E-state index in [0.717, 1.165) is 31.6 Å². The molecule has 2 rings (SSSR count). The maximum atomic E-state index is 12.5. The van der Waals surface area contributed by atoms with Gasteiger partial charge in [0.05, 0.1) is 22.3 Å². The van der Waals surface area contributed by atoms with Crippen molar-refractivity contribution in [2.45, 2.75) is 39.2 Å². The molecule has 1 fully saturated rings. The van der Waals surface area contributed by atoms with Crippen molar-refractivity contribution in [2.75, 3.05) is 24.5 Å². The molecule has 1 atom stereocenters. The molecule has 1 aromatic carbocycles. The largest absolute Gasteiger partial charge is 0.393 e. The zero-order chi connectivity index (χ0) is 17.7. The maximum Gasteiger partial charge on any atom is 0.270 e. The van der Waals surface area contributed by atoms with Gasteiger partial charge in [-0.2, -0.15) is 0 Å². The van der Waals surface area contributed by atoms with E-state index in [0.29, 0.717) is 24.4 Å². The molecule has 0 bridgehead atoms. The Bertz CT molecular complexity index is 595.